The van der Waals surface area contributed by atoms with E-state index in [2.05, 4.69) is 12.7 Å². The van der Waals surface area contributed by atoms with Crippen LogP contribution in [-0.2, 0) is 20.9 Å². The molecule has 2 aliphatic heterocycles. The number of oxime groups is 1. The number of aldehydes is 1. The Kier molecular flexibility index (Phi) is 14.3. The molecule has 2 aliphatic carbocycles. The Balaban J connectivity index is 1.45. The number of rotatable bonds is 19. The lowest BCUT2D eigenvalue weighted by Crippen LogP contribution is -2.70. The van der Waals surface area contributed by atoms with E-state index in [-0.39, 0.29) is 57.3 Å². The van der Waals surface area contributed by atoms with Crippen LogP contribution in [0.3, 0.4) is 0 Å². The number of ether oxygens (including phenoxy) is 7. The number of hydrogen-bond acceptors (Lipinski definition) is 13. The van der Waals surface area contributed by atoms with Gasteiger partial charge in [-0.15, -0.1) is 6.58 Å². The molecular formula is C49H60N2O12. The van der Waals surface area contributed by atoms with E-state index in [4.69, 9.17) is 43.2 Å². The van der Waals surface area contributed by atoms with Gasteiger partial charge in [0.2, 0.25) is 12.6 Å². The lowest BCUT2D eigenvalue weighted by Gasteiger charge is -2.59. The summed E-state index contributed by atoms with van der Waals surface area (Å²) in [4.78, 5) is 34.2. The summed E-state index contributed by atoms with van der Waals surface area (Å²) in [5, 5.41) is 24.8. The molecule has 0 spiro atoms. The van der Waals surface area contributed by atoms with Crippen molar-refractivity contribution in [3.05, 3.63) is 95.6 Å². The molecule has 2 N–H and O–H groups in total. The first-order valence-corrected chi connectivity index (χ1v) is 21.8. The fourth-order valence-electron chi connectivity index (χ4n) is 9.56. The molecule has 6 atom stereocenters. The lowest BCUT2D eigenvalue weighted by molar-refractivity contribution is -0.256. The van der Waals surface area contributed by atoms with Crippen LogP contribution in [0.2, 0.25) is 0 Å². The highest BCUT2D eigenvalue weighted by atomic mass is 16.7. The predicted octanol–water partition coefficient (Wildman–Crippen LogP) is 8.73. The number of amides is 1. The lowest BCUT2D eigenvalue weighted by atomic mass is 9.55. The van der Waals surface area contributed by atoms with Gasteiger partial charge in [0, 0.05) is 37.7 Å². The number of aliphatic hydroxyl groups is 2. The predicted molar refractivity (Wildman–Crippen MR) is 235 cm³/mol. The fraction of sp³-hybridized carbons (Fsp3) is 0.490. The molecule has 3 aromatic rings. The van der Waals surface area contributed by atoms with E-state index in [1.165, 1.54) is 14.2 Å². The van der Waals surface area contributed by atoms with Crippen molar-refractivity contribution in [1.82, 2.24) is 4.90 Å². The zero-order valence-corrected chi connectivity index (χ0v) is 36.9. The van der Waals surface area contributed by atoms with Crippen LogP contribution in [0.25, 0.3) is 0 Å². The Morgan fingerprint density at radius 3 is 2.40 bits per heavy atom. The zero-order valence-electron chi connectivity index (χ0n) is 36.9. The Morgan fingerprint density at radius 1 is 0.952 bits per heavy atom. The van der Waals surface area contributed by atoms with Crippen molar-refractivity contribution in [2.75, 3.05) is 40.8 Å². The zero-order chi connectivity index (χ0) is 44.7. The van der Waals surface area contributed by atoms with Crippen molar-refractivity contribution >= 4 is 18.1 Å². The Bertz CT molecular complexity index is 2180. The van der Waals surface area contributed by atoms with Crippen molar-refractivity contribution in [3.63, 3.8) is 0 Å². The summed E-state index contributed by atoms with van der Waals surface area (Å²) in [7, 11) is 2.87. The molecule has 3 aromatic carbocycles. The van der Waals surface area contributed by atoms with E-state index in [1.54, 1.807) is 29.2 Å². The number of fused-ring (bicyclic) bond motifs is 3. The molecule has 0 radical (unpaired) electrons. The van der Waals surface area contributed by atoms with Gasteiger partial charge in [-0.05, 0) is 118 Å². The van der Waals surface area contributed by atoms with Crippen molar-refractivity contribution < 1.29 is 57.8 Å². The van der Waals surface area contributed by atoms with Gasteiger partial charge < -0.3 is 48.2 Å². The monoisotopic (exact) mass is 868 g/mol. The fourth-order valence-corrected chi connectivity index (χ4v) is 9.56. The van der Waals surface area contributed by atoms with E-state index < -0.39 is 29.4 Å². The van der Waals surface area contributed by atoms with E-state index in [0.29, 0.717) is 58.6 Å². The second kappa shape index (κ2) is 19.9. The average molecular weight is 869 g/mol. The topological polar surface area (TPSA) is 164 Å². The van der Waals surface area contributed by atoms with Crippen LogP contribution < -0.4 is 23.7 Å². The molecule has 338 valence electrons. The van der Waals surface area contributed by atoms with Crippen LogP contribution in [0.5, 0.6) is 34.5 Å². The third kappa shape index (κ3) is 9.68. The molecule has 1 fully saturated rings. The maximum atomic E-state index is 14.3. The summed E-state index contributed by atoms with van der Waals surface area (Å²) in [5.41, 5.74) is 2.92. The first kappa shape index (κ1) is 45.5. The van der Waals surface area contributed by atoms with Gasteiger partial charge in [0.1, 0.15) is 34.6 Å². The van der Waals surface area contributed by atoms with Crippen LogP contribution in [0.1, 0.15) is 93.1 Å². The number of hydrogen-bond donors (Lipinski definition) is 2. The number of benzene rings is 3. The Hall–Kier alpha value is -5.57. The number of unbranched alkanes of at least 4 members (excludes halogenated alkanes) is 2. The Labute approximate surface area is 369 Å². The molecule has 63 heavy (non-hydrogen) atoms. The highest BCUT2D eigenvalue weighted by molar-refractivity contribution is 6.03. The molecule has 1 amide bonds. The quantitative estimate of drug-likeness (QED) is 0.0511. The molecule has 0 aromatic heterocycles. The maximum absolute atomic E-state index is 14.3. The molecule has 4 aliphatic rings. The molecule has 1 saturated carbocycles. The summed E-state index contributed by atoms with van der Waals surface area (Å²) < 4.78 is 43.1. The normalized spacial score (nSPS) is 23.7. The van der Waals surface area contributed by atoms with Gasteiger partial charge >= 0.3 is 6.09 Å². The van der Waals surface area contributed by atoms with Crippen LogP contribution >= 0.6 is 0 Å². The molecule has 0 saturated heterocycles. The highest BCUT2D eigenvalue weighted by Gasteiger charge is 2.65. The minimum atomic E-state index is -1.51. The summed E-state index contributed by atoms with van der Waals surface area (Å²) in [5.74, 6) is 0.817. The number of carbonyl (C=O) groups is 2. The SMILES string of the molecule is C=CCOC12Oc3ccc(Oc4ccc(OC)c(C=O)c4)cc3C3C(CCCCO)C(CCCCO)C=C(C(=NOC(C)(C)C)CC1N(Cc1ccc4c(c1)OCO4)C(=O)OC)C32. The highest BCUT2D eigenvalue weighted by Crippen LogP contribution is 2.62. The number of aliphatic hydroxyl groups excluding tert-OH is 2. The van der Waals surface area contributed by atoms with Crippen molar-refractivity contribution in [2.45, 2.75) is 95.6 Å². The van der Waals surface area contributed by atoms with E-state index >= 15 is 0 Å². The van der Waals surface area contributed by atoms with Crippen LogP contribution in [0.4, 0.5) is 4.79 Å². The molecule has 0 bridgehead atoms. The minimum Gasteiger partial charge on any atom is -0.496 e. The maximum Gasteiger partial charge on any atom is 0.410 e. The number of carbonyl (C=O) groups excluding carboxylic acids is 2. The molecule has 6 unspecified atom stereocenters. The molecule has 14 nitrogen and oxygen atoms in total. The summed E-state index contributed by atoms with van der Waals surface area (Å²) >= 11 is 0. The Morgan fingerprint density at radius 2 is 1.68 bits per heavy atom. The smallest absolute Gasteiger partial charge is 0.410 e. The summed E-state index contributed by atoms with van der Waals surface area (Å²) in [6.45, 7) is 10.3. The van der Waals surface area contributed by atoms with Gasteiger partial charge in [-0.3, -0.25) is 9.69 Å². The average Bonchev–Trinajstić information content (AvgIpc) is 3.76. The second-order valence-electron chi connectivity index (χ2n) is 17.4. The van der Waals surface area contributed by atoms with Crippen LogP contribution in [0.15, 0.2) is 84.1 Å². The molecule has 7 rings (SSSR count). The molecule has 2 heterocycles. The van der Waals surface area contributed by atoms with E-state index in [0.717, 1.165) is 48.7 Å². The second-order valence-corrected chi connectivity index (χ2v) is 17.4. The van der Waals surface area contributed by atoms with Gasteiger partial charge in [-0.1, -0.05) is 36.2 Å². The van der Waals surface area contributed by atoms with Gasteiger partial charge in [0.15, 0.2) is 17.8 Å². The molecular weight excluding hydrogens is 809 g/mol. The van der Waals surface area contributed by atoms with Gasteiger partial charge in [-0.2, -0.15) is 0 Å². The first-order chi connectivity index (χ1) is 30.5. The van der Waals surface area contributed by atoms with Crippen molar-refractivity contribution in [1.29, 1.82) is 0 Å². The number of nitrogens with zero attached hydrogens (tertiary/aromatic N) is 2. The van der Waals surface area contributed by atoms with Crippen molar-refractivity contribution in [2.24, 2.45) is 22.9 Å². The minimum absolute atomic E-state index is 0.0137. The third-order valence-electron chi connectivity index (χ3n) is 12.2. The van der Waals surface area contributed by atoms with Gasteiger partial charge in [-0.25, -0.2) is 4.79 Å². The van der Waals surface area contributed by atoms with Gasteiger partial charge in [0.25, 0.3) is 0 Å². The summed E-state index contributed by atoms with van der Waals surface area (Å²) in [6.07, 6.45) is 8.66. The van der Waals surface area contributed by atoms with E-state index in [9.17, 15) is 19.8 Å². The third-order valence-corrected chi connectivity index (χ3v) is 12.2. The van der Waals surface area contributed by atoms with Crippen molar-refractivity contribution in [3.8, 4) is 34.5 Å². The number of methoxy groups -OCH3 is 2. The summed E-state index contributed by atoms with van der Waals surface area (Å²) in [6, 6.07) is 15.5. The molecule has 14 heteroatoms. The van der Waals surface area contributed by atoms with E-state index in [1.807, 2.05) is 57.2 Å². The standard InChI is InChI=1S/C49H60N2O12/c1-7-22-60-49-44(51(47(55)57-6)28-31-14-17-42-43(23-31)59-30-58-42)27-39(50-63-48(2,3)4)37-25-32(12-8-10-20-52)36(13-9-11-21-53)45(46(37)49)38-26-35(16-19-41(38)62-49)61-34-15-18-40(56-5)33(24-34)29-54/h7,14-19,23-26,29,32,36,44-46,52-53H,1,8-13,20-22,27-28,30H2,2-6H3. The van der Waals surface area contributed by atoms with Crippen LogP contribution in [0, 0.1) is 17.8 Å². The van der Waals surface area contributed by atoms with Gasteiger partial charge in [0.05, 0.1) is 38.0 Å². The largest absolute Gasteiger partial charge is 0.496 e. The number of allylic oxidation sites excluding steroid dienone is 1. The van der Waals surface area contributed by atoms with Crippen LogP contribution in [-0.4, -0.2) is 91.5 Å². The first-order valence-electron chi connectivity index (χ1n) is 21.8.